The zero-order chi connectivity index (χ0) is 19.3. The molecule has 0 atom stereocenters. The van der Waals surface area contributed by atoms with Crippen molar-refractivity contribution in [1.82, 2.24) is 0 Å². The predicted molar refractivity (Wildman–Crippen MR) is 91.4 cm³/mol. The molecule has 0 aromatic heterocycles. The molecule has 2 rings (SSSR count). The lowest BCUT2D eigenvalue weighted by Crippen LogP contribution is -2.22. The lowest BCUT2D eigenvalue weighted by atomic mass is 10.2. The Balaban J connectivity index is 2.01. The van der Waals surface area contributed by atoms with E-state index in [1.807, 2.05) is 0 Å². The molecule has 0 spiro atoms. The van der Waals surface area contributed by atoms with Crippen LogP contribution in [-0.2, 0) is 15.7 Å². The summed E-state index contributed by atoms with van der Waals surface area (Å²) in [5.41, 5.74) is -0.284. The summed E-state index contributed by atoms with van der Waals surface area (Å²) in [5, 5.41) is 4.67. The van der Waals surface area contributed by atoms with Gasteiger partial charge in [-0.05, 0) is 36.4 Å². The molecule has 1 amide bonds. The number of hydrogen-bond acceptors (Lipinski definition) is 4. The number of halogens is 4. The molecule has 2 aromatic rings. The summed E-state index contributed by atoms with van der Waals surface area (Å²) in [7, 11) is 1.25. The normalized spacial score (nSPS) is 11.0. The van der Waals surface area contributed by atoms with Crippen LogP contribution in [0.1, 0.15) is 15.9 Å². The van der Waals surface area contributed by atoms with E-state index < -0.39 is 28.6 Å². The molecule has 0 heterocycles. The molecule has 0 unspecified atom stereocenters. The molecular weight excluding hydrogens is 373 g/mol. The van der Waals surface area contributed by atoms with E-state index in [2.05, 4.69) is 15.4 Å². The molecule has 0 saturated heterocycles. The SMILES string of the molecule is COC(=O)c1cccc(NCC(=O)Nc2ccc(Cl)c(C(F)(F)F)c2)c1. The van der Waals surface area contributed by atoms with Gasteiger partial charge in [0.25, 0.3) is 0 Å². The molecule has 0 bridgehead atoms. The summed E-state index contributed by atoms with van der Waals surface area (Å²) in [6.45, 7) is -0.214. The van der Waals surface area contributed by atoms with Crippen molar-refractivity contribution in [2.75, 3.05) is 24.3 Å². The first-order chi connectivity index (χ1) is 12.2. The number of nitrogens with one attached hydrogen (secondary N) is 2. The van der Waals surface area contributed by atoms with Crippen molar-refractivity contribution in [1.29, 1.82) is 0 Å². The lowest BCUT2D eigenvalue weighted by Gasteiger charge is -2.12. The quantitative estimate of drug-likeness (QED) is 0.756. The molecule has 2 N–H and O–H groups in total. The van der Waals surface area contributed by atoms with Crippen molar-refractivity contribution < 1.29 is 27.5 Å². The zero-order valence-electron chi connectivity index (χ0n) is 13.5. The van der Waals surface area contributed by atoms with Gasteiger partial charge in [-0.15, -0.1) is 0 Å². The van der Waals surface area contributed by atoms with Crippen LogP contribution in [0.5, 0.6) is 0 Å². The molecule has 0 fully saturated rings. The maximum absolute atomic E-state index is 12.8. The molecule has 0 radical (unpaired) electrons. The topological polar surface area (TPSA) is 67.4 Å². The van der Waals surface area contributed by atoms with Gasteiger partial charge < -0.3 is 15.4 Å². The number of ether oxygens (including phenoxy) is 1. The zero-order valence-corrected chi connectivity index (χ0v) is 14.2. The number of benzene rings is 2. The highest BCUT2D eigenvalue weighted by molar-refractivity contribution is 6.31. The third-order valence-corrected chi connectivity index (χ3v) is 3.62. The van der Waals surface area contributed by atoms with Gasteiger partial charge in [-0.3, -0.25) is 4.79 Å². The number of alkyl halides is 3. The molecule has 0 aliphatic carbocycles. The fraction of sp³-hybridized carbons (Fsp3) is 0.176. The summed E-state index contributed by atoms with van der Waals surface area (Å²) >= 11 is 5.53. The highest BCUT2D eigenvalue weighted by Gasteiger charge is 2.33. The summed E-state index contributed by atoms with van der Waals surface area (Å²) in [6.07, 6.45) is -4.62. The second-order valence-electron chi connectivity index (χ2n) is 5.17. The van der Waals surface area contributed by atoms with E-state index in [1.54, 1.807) is 18.2 Å². The van der Waals surface area contributed by atoms with Gasteiger partial charge >= 0.3 is 12.1 Å². The Hall–Kier alpha value is -2.74. The van der Waals surface area contributed by atoms with Crippen LogP contribution in [0.15, 0.2) is 42.5 Å². The minimum absolute atomic E-state index is 0.0307. The number of methoxy groups -OCH3 is 1. The van der Waals surface area contributed by atoms with Gasteiger partial charge in [0.1, 0.15) is 0 Å². The second kappa shape index (κ2) is 8.09. The van der Waals surface area contributed by atoms with Gasteiger partial charge in [-0.25, -0.2) is 4.79 Å². The molecule has 0 aliphatic heterocycles. The Morgan fingerprint density at radius 1 is 1.12 bits per heavy atom. The first-order valence-corrected chi connectivity index (χ1v) is 7.67. The third-order valence-electron chi connectivity index (χ3n) is 3.29. The van der Waals surface area contributed by atoms with Gasteiger partial charge in [0.05, 0.1) is 29.8 Å². The number of amides is 1. The Labute approximate surface area is 152 Å². The van der Waals surface area contributed by atoms with E-state index in [-0.39, 0.29) is 12.2 Å². The van der Waals surface area contributed by atoms with Gasteiger partial charge in [-0.2, -0.15) is 13.2 Å². The average Bonchev–Trinajstić information content (AvgIpc) is 2.60. The van der Waals surface area contributed by atoms with Crippen LogP contribution in [-0.4, -0.2) is 25.5 Å². The minimum atomic E-state index is -4.62. The molecule has 5 nitrogen and oxygen atoms in total. The number of carbonyl (C=O) groups is 2. The molecular formula is C17H14ClF3N2O3. The van der Waals surface area contributed by atoms with E-state index in [0.29, 0.717) is 11.3 Å². The minimum Gasteiger partial charge on any atom is -0.465 e. The maximum Gasteiger partial charge on any atom is 0.417 e. The average molecular weight is 387 g/mol. The monoisotopic (exact) mass is 386 g/mol. The molecule has 0 aliphatic rings. The van der Waals surface area contributed by atoms with Crippen LogP contribution < -0.4 is 10.6 Å². The molecule has 138 valence electrons. The van der Waals surface area contributed by atoms with Crippen molar-refractivity contribution >= 4 is 34.9 Å². The highest BCUT2D eigenvalue weighted by Crippen LogP contribution is 2.36. The fourth-order valence-corrected chi connectivity index (χ4v) is 2.31. The number of anilines is 2. The molecule has 0 saturated carbocycles. The van der Waals surface area contributed by atoms with Crippen molar-refractivity contribution in [2.45, 2.75) is 6.18 Å². The van der Waals surface area contributed by atoms with E-state index in [0.717, 1.165) is 12.1 Å². The van der Waals surface area contributed by atoms with Gasteiger partial charge in [0.2, 0.25) is 5.91 Å². The van der Waals surface area contributed by atoms with E-state index in [1.165, 1.54) is 19.2 Å². The first-order valence-electron chi connectivity index (χ1n) is 7.29. The van der Waals surface area contributed by atoms with Gasteiger partial charge in [0, 0.05) is 11.4 Å². The number of esters is 1. The fourth-order valence-electron chi connectivity index (χ4n) is 2.08. The van der Waals surface area contributed by atoms with Crippen LogP contribution >= 0.6 is 11.6 Å². The summed E-state index contributed by atoms with van der Waals surface area (Å²) in [5.74, 6) is -1.09. The second-order valence-corrected chi connectivity index (χ2v) is 5.57. The molecule has 2 aromatic carbocycles. The number of hydrogen-bond donors (Lipinski definition) is 2. The first kappa shape index (κ1) is 19.6. The predicted octanol–water partition coefficient (Wildman–Crippen LogP) is 4.20. The summed E-state index contributed by atoms with van der Waals surface area (Å²) in [6, 6.07) is 9.36. The molecule has 9 heteroatoms. The van der Waals surface area contributed by atoms with E-state index >= 15 is 0 Å². The van der Waals surface area contributed by atoms with Crippen LogP contribution in [0.4, 0.5) is 24.5 Å². The van der Waals surface area contributed by atoms with Gasteiger partial charge in [-0.1, -0.05) is 17.7 Å². The van der Waals surface area contributed by atoms with Crippen LogP contribution in [0.3, 0.4) is 0 Å². The van der Waals surface area contributed by atoms with Gasteiger partial charge in [0.15, 0.2) is 0 Å². The summed E-state index contributed by atoms with van der Waals surface area (Å²) < 4.78 is 43.1. The molecule has 26 heavy (non-hydrogen) atoms. The Morgan fingerprint density at radius 2 is 1.85 bits per heavy atom. The van der Waals surface area contributed by atoms with Crippen molar-refractivity contribution in [3.05, 3.63) is 58.6 Å². The van der Waals surface area contributed by atoms with Crippen molar-refractivity contribution in [3.8, 4) is 0 Å². The number of carbonyl (C=O) groups excluding carboxylic acids is 2. The Morgan fingerprint density at radius 3 is 2.50 bits per heavy atom. The smallest absolute Gasteiger partial charge is 0.417 e. The van der Waals surface area contributed by atoms with Crippen LogP contribution in [0, 0.1) is 0 Å². The largest absolute Gasteiger partial charge is 0.465 e. The lowest BCUT2D eigenvalue weighted by molar-refractivity contribution is -0.137. The standard InChI is InChI=1S/C17H14ClF3N2O3/c1-26-16(25)10-3-2-4-11(7-10)22-9-15(24)23-12-5-6-14(18)13(8-12)17(19,20)21/h2-8,22H,9H2,1H3,(H,23,24). The highest BCUT2D eigenvalue weighted by atomic mass is 35.5. The number of rotatable bonds is 5. The summed E-state index contributed by atoms with van der Waals surface area (Å²) in [4.78, 5) is 23.4. The van der Waals surface area contributed by atoms with Crippen LogP contribution in [0.25, 0.3) is 0 Å². The Kier molecular flexibility index (Phi) is 6.10. The van der Waals surface area contributed by atoms with E-state index in [9.17, 15) is 22.8 Å². The van der Waals surface area contributed by atoms with Crippen molar-refractivity contribution in [2.24, 2.45) is 0 Å². The third kappa shape index (κ3) is 5.13. The maximum atomic E-state index is 12.8. The van der Waals surface area contributed by atoms with E-state index in [4.69, 9.17) is 11.6 Å². The van der Waals surface area contributed by atoms with Crippen molar-refractivity contribution in [3.63, 3.8) is 0 Å². The van der Waals surface area contributed by atoms with Crippen LogP contribution in [0.2, 0.25) is 5.02 Å². The Bertz CT molecular complexity index is 825.